The lowest BCUT2D eigenvalue weighted by Gasteiger charge is -2.31. The van der Waals surface area contributed by atoms with E-state index in [1.165, 1.54) is 0 Å². The topological polar surface area (TPSA) is 54.6 Å². The van der Waals surface area contributed by atoms with Gasteiger partial charge in [-0.05, 0) is 30.7 Å². The molecule has 0 fully saturated rings. The lowest BCUT2D eigenvalue weighted by molar-refractivity contribution is 0.415. The summed E-state index contributed by atoms with van der Waals surface area (Å²) in [6, 6.07) is 13.3. The second kappa shape index (κ2) is 7.75. The smallest absolute Gasteiger partial charge is 0.205 e. The lowest BCUT2D eigenvalue weighted by atomic mass is 10.0. The van der Waals surface area contributed by atoms with Gasteiger partial charge in [-0.2, -0.15) is 0 Å². The van der Waals surface area contributed by atoms with Crippen molar-refractivity contribution in [2.24, 2.45) is 0 Å². The molecule has 0 bridgehead atoms. The van der Waals surface area contributed by atoms with E-state index in [9.17, 15) is 0 Å². The molecule has 28 heavy (non-hydrogen) atoms. The van der Waals surface area contributed by atoms with Gasteiger partial charge in [-0.15, -0.1) is 0 Å². The summed E-state index contributed by atoms with van der Waals surface area (Å²) in [5.41, 5.74) is 4.48. The van der Waals surface area contributed by atoms with Crippen LogP contribution in [0.1, 0.15) is 11.3 Å². The summed E-state index contributed by atoms with van der Waals surface area (Å²) < 4.78 is 5.29. The van der Waals surface area contributed by atoms with Gasteiger partial charge in [-0.1, -0.05) is 23.7 Å². The van der Waals surface area contributed by atoms with E-state index < -0.39 is 0 Å². The molecule has 7 heteroatoms. The first-order chi connectivity index (χ1) is 13.7. The van der Waals surface area contributed by atoms with Crippen LogP contribution in [0.4, 0.5) is 22.9 Å². The van der Waals surface area contributed by atoms with E-state index in [1.54, 1.807) is 19.5 Å². The average molecular weight is 392 g/mol. The minimum absolute atomic E-state index is 0.468. The average Bonchev–Trinajstić information content (AvgIpc) is 2.73. The van der Waals surface area contributed by atoms with Gasteiger partial charge in [0.1, 0.15) is 17.9 Å². The Labute approximate surface area is 168 Å². The Balaban J connectivity index is 1.58. The maximum absolute atomic E-state index is 7.13. The van der Waals surface area contributed by atoms with E-state index in [1.807, 2.05) is 36.4 Å². The predicted octanol–water partition coefficient (Wildman–Crippen LogP) is 5.00. The van der Waals surface area contributed by atoms with Crippen molar-refractivity contribution in [3.05, 3.63) is 76.5 Å². The summed E-state index contributed by atoms with van der Waals surface area (Å²) in [6.07, 6.45) is 2.39. The zero-order valence-electron chi connectivity index (χ0n) is 15.3. The molecule has 0 radical (unpaired) electrons. The van der Waals surface area contributed by atoms with Crippen molar-refractivity contribution in [3.8, 4) is 5.75 Å². The summed E-state index contributed by atoms with van der Waals surface area (Å²) in [7, 11) is 1.65. The first-order valence-corrected chi connectivity index (χ1v) is 9.21. The van der Waals surface area contributed by atoms with Gasteiger partial charge in [0.05, 0.1) is 25.9 Å². The molecule has 0 atom stereocenters. The third-order valence-electron chi connectivity index (χ3n) is 4.76. The molecule has 2 aromatic carbocycles. The summed E-state index contributed by atoms with van der Waals surface area (Å²) >= 11 is 6.20. The van der Waals surface area contributed by atoms with E-state index in [-0.39, 0.29) is 0 Å². The number of nitrogens with zero attached hydrogens (tertiary/aromatic N) is 4. The van der Waals surface area contributed by atoms with E-state index in [4.69, 9.17) is 22.9 Å². The van der Waals surface area contributed by atoms with E-state index >= 15 is 0 Å². The molecule has 0 amide bonds. The lowest BCUT2D eigenvalue weighted by Crippen LogP contribution is -2.31. The second-order valence-corrected chi connectivity index (χ2v) is 6.83. The number of nitrogens with one attached hydrogen (secondary N) is 1. The van der Waals surface area contributed by atoms with Crippen LogP contribution in [0, 0.1) is 6.57 Å². The summed E-state index contributed by atoms with van der Waals surface area (Å²) in [6.45, 7) is 8.62. The maximum Gasteiger partial charge on any atom is 0.205 e. The van der Waals surface area contributed by atoms with Crippen LogP contribution < -0.4 is 15.0 Å². The van der Waals surface area contributed by atoms with E-state index in [2.05, 4.69) is 25.0 Å². The van der Waals surface area contributed by atoms with Gasteiger partial charge >= 0.3 is 0 Å². The van der Waals surface area contributed by atoms with Crippen molar-refractivity contribution in [3.63, 3.8) is 0 Å². The van der Waals surface area contributed by atoms with Gasteiger partial charge in [0.2, 0.25) is 5.69 Å². The van der Waals surface area contributed by atoms with Gasteiger partial charge in [0.25, 0.3) is 0 Å². The Kier molecular flexibility index (Phi) is 5.00. The Morgan fingerprint density at radius 2 is 2.11 bits per heavy atom. The quantitative estimate of drug-likeness (QED) is 0.634. The highest BCUT2D eigenvalue weighted by Gasteiger charge is 2.22. The molecule has 1 N–H and O–H groups in total. The number of benzene rings is 2. The van der Waals surface area contributed by atoms with Crippen molar-refractivity contribution in [2.45, 2.75) is 13.0 Å². The van der Waals surface area contributed by atoms with Crippen molar-refractivity contribution in [1.29, 1.82) is 0 Å². The minimum atomic E-state index is 0.468. The molecule has 1 aliphatic heterocycles. The second-order valence-electron chi connectivity index (χ2n) is 6.42. The Bertz CT molecular complexity index is 1060. The molecule has 0 saturated heterocycles. The van der Waals surface area contributed by atoms with Crippen molar-refractivity contribution >= 4 is 34.5 Å². The first kappa shape index (κ1) is 18.1. The zero-order valence-corrected chi connectivity index (χ0v) is 16.1. The van der Waals surface area contributed by atoms with Gasteiger partial charge in [-0.25, -0.2) is 14.8 Å². The summed E-state index contributed by atoms with van der Waals surface area (Å²) in [5.74, 6) is 1.61. The highest BCUT2D eigenvalue weighted by atomic mass is 35.5. The van der Waals surface area contributed by atoms with Gasteiger partial charge < -0.3 is 15.0 Å². The van der Waals surface area contributed by atoms with Crippen LogP contribution in [0.5, 0.6) is 5.75 Å². The highest BCUT2D eigenvalue weighted by molar-refractivity contribution is 6.33. The largest absolute Gasteiger partial charge is 0.497 e. The molecule has 1 aromatic heterocycles. The van der Waals surface area contributed by atoms with Gasteiger partial charge in [0, 0.05) is 34.6 Å². The van der Waals surface area contributed by atoms with E-state index in [0.29, 0.717) is 17.3 Å². The molecule has 3 aromatic rings. The fraction of sp³-hybridized carbons (Fsp3) is 0.190. The number of rotatable bonds is 4. The monoisotopic (exact) mass is 391 g/mol. The van der Waals surface area contributed by atoms with Crippen molar-refractivity contribution < 1.29 is 4.74 Å². The normalized spacial score (nSPS) is 12.8. The molecule has 1 aliphatic rings. The number of aromatic nitrogens is 2. The standard InChI is InChI=1S/C21H18ClN5O/c1-23-19-7-6-15(11-18(19)22)27-9-8-17-20(12-27)24-13-25-21(17)26-14-4-3-5-16(10-14)28-2/h3-7,10-11,13H,8-9,12H2,2H3,(H,24,25,26). The molecular weight excluding hydrogens is 374 g/mol. The Morgan fingerprint density at radius 3 is 2.89 bits per heavy atom. The third-order valence-corrected chi connectivity index (χ3v) is 5.06. The number of anilines is 3. The van der Waals surface area contributed by atoms with Gasteiger partial charge in [-0.3, -0.25) is 0 Å². The third kappa shape index (κ3) is 3.57. The van der Waals surface area contributed by atoms with Crippen LogP contribution in [0.3, 0.4) is 0 Å². The first-order valence-electron chi connectivity index (χ1n) is 8.83. The summed E-state index contributed by atoms with van der Waals surface area (Å²) in [5, 5.41) is 3.86. The van der Waals surface area contributed by atoms with Crippen LogP contribution in [0.2, 0.25) is 5.02 Å². The number of hydrogen-bond donors (Lipinski definition) is 1. The van der Waals surface area contributed by atoms with Crippen LogP contribution >= 0.6 is 11.6 Å². The Hall–Kier alpha value is -3.30. The van der Waals surface area contributed by atoms with Gasteiger partial charge in [0.15, 0.2) is 0 Å². The Morgan fingerprint density at radius 1 is 1.21 bits per heavy atom. The molecule has 0 spiro atoms. The molecular formula is C21H18ClN5O. The van der Waals surface area contributed by atoms with Crippen molar-refractivity contribution in [2.75, 3.05) is 23.9 Å². The van der Waals surface area contributed by atoms with Crippen molar-refractivity contribution in [1.82, 2.24) is 9.97 Å². The fourth-order valence-electron chi connectivity index (χ4n) is 3.30. The fourth-order valence-corrected chi connectivity index (χ4v) is 3.52. The molecule has 0 saturated carbocycles. The van der Waals surface area contributed by atoms with Crippen LogP contribution in [0.15, 0.2) is 48.8 Å². The minimum Gasteiger partial charge on any atom is -0.497 e. The summed E-state index contributed by atoms with van der Waals surface area (Å²) in [4.78, 5) is 14.6. The number of fused-ring (bicyclic) bond motifs is 1. The molecule has 0 unspecified atom stereocenters. The number of halogens is 1. The molecule has 4 rings (SSSR count). The highest BCUT2D eigenvalue weighted by Crippen LogP contribution is 2.33. The number of methoxy groups -OCH3 is 1. The maximum atomic E-state index is 7.13. The van der Waals surface area contributed by atoms with E-state index in [0.717, 1.165) is 47.2 Å². The predicted molar refractivity (Wildman–Crippen MR) is 111 cm³/mol. The molecule has 6 nitrogen and oxygen atoms in total. The molecule has 0 aliphatic carbocycles. The van der Waals surface area contributed by atoms with Crippen LogP contribution in [-0.2, 0) is 13.0 Å². The number of ether oxygens (including phenoxy) is 1. The zero-order chi connectivity index (χ0) is 19.5. The van der Waals surface area contributed by atoms with Crippen LogP contribution in [0.25, 0.3) is 4.85 Å². The van der Waals surface area contributed by atoms with Crippen LogP contribution in [-0.4, -0.2) is 23.6 Å². The number of hydrogen-bond acceptors (Lipinski definition) is 5. The molecule has 140 valence electrons. The molecule has 2 heterocycles. The SMILES string of the molecule is [C-]#[N+]c1ccc(N2CCc3c(ncnc3Nc3cccc(OC)c3)C2)cc1Cl.